The standard InChI is InChI=1S/C13H15ClN2O2/c14-11-3-1-2-10(8-11)9-13(17)16-6-4-12(15-18)5-7-16/h1-3,8,18H,4-7,9H2. The van der Waals surface area contributed by atoms with Crippen LogP contribution in [0.25, 0.3) is 0 Å². The number of hydrogen-bond acceptors (Lipinski definition) is 3. The van der Waals surface area contributed by atoms with Gasteiger partial charge in [0.15, 0.2) is 0 Å². The smallest absolute Gasteiger partial charge is 0.227 e. The second-order valence-corrected chi connectivity index (χ2v) is 4.79. The number of hydrogen-bond donors (Lipinski definition) is 1. The second kappa shape index (κ2) is 5.87. The van der Waals surface area contributed by atoms with Gasteiger partial charge in [0.25, 0.3) is 0 Å². The third-order valence-electron chi connectivity index (χ3n) is 3.08. The van der Waals surface area contributed by atoms with E-state index < -0.39 is 0 Å². The van der Waals surface area contributed by atoms with Gasteiger partial charge in [-0.05, 0) is 17.7 Å². The SMILES string of the molecule is O=C(Cc1cccc(Cl)c1)N1CCC(=NO)CC1. The second-order valence-electron chi connectivity index (χ2n) is 4.35. The van der Waals surface area contributed by atoms with Gasteiger partial charge >= 0.3 is 0 Å². The van der Waals surface area contributed by atoms with Crippen molar-refractivity contribution in [2.24, 2.45) is 5.16 Å². The molecule has 5 heteroatoms. The highest BCUT2D eigenvalue weighted by atomic mass is 35.5. The molecule has 1 N–H and O–H groups in total. The first-order chi connectivity index (χ1) is 8.69. The van der Waals surface area contributed by atoms with Gasteiger partial charge in [0.1, 0.15) is 0 Å². The lowest BCUT2D eigenvalue weighted by Crippen LogP contribution is -2.39. The Morgan fingerprint density at radius 3 is 2.72 bits per heavy atom. The van der Waals surface area contributed by atoms with Crippen LogP contribution in [0.2, 0.25) is 5.02 Å². The highest BCUT2D eigenvalue weighted by molar-refractivity contribution is 6.30. The van der Waals surface area contributed by atoms with Crippen LogP contribution in [-0.2, 0) is 11.2 Å². The number of halogens is 1. The summed E-state index contributed by atoms with van der Waals surface area (Å²) in [4.78, 5) is 13.9. The molecule has 0 saturated carbocycles. The predicted molar refractivity (Wildman–Crippen MR) is 70.2 cm³/mol. The lowest BCUT2D eigenvalue weighted by molar-refractivity contribution is -0.130. The van der Waals surface area contributed by atoms with Gasteiger partial charge in [0.2, 0.25) is 5.91 Å². The zero-order valence-corrected chi connectivity index (χ0v) is 10.7. The van der Waals surface area contributed by atoms with Crippen molar-refractivity contribution in [2.45, 2.75) is 19.3 Å². The number of piperidine rings is 1. The van der Waals surface area contributed by atoms with Crippen molar-refractivity contribution in [1.29, 1.82) is 0 Å². The Labute approximate surface area is 111 Å². The third-order valence-corrected chi connectivity index (χ3v) is 3.31. The molecule has 0 spiro atoms. The van der Waals surface area contributed by atoms with Crippen LogP contribution in [0.15, 0.2) is 29.4 Å². The van der Waals surface area contributed by atoms with E-state index in [1.165, 1.54) is 0 Å². The maximum absolute atomic E-state index is 12.1. The number of likely N-dealkylation sites (tertiary alicyclic amines) is 1. The van der Waals surface area contributed by atoms with Crippen LogP contribution in [0.3, 0.4) is 0 Å². The van der Waals surface area contributed by atoms with Crippen LogP contribution in [-0.4, -0.2) is 34.8 Å². The van der Waals surface area contributed by atoms with E-state index in [4.69, 9.17) is 16.8 Å². The Morgan fingerprint density at radius 1 is 1.39 bits per heavy atom. The van der Waals surface area contributed by atoms with E-state index in [2.05, 4.69) is 5.16 Å². The molecule has 0 bridgehead atoms. The van der Waals surface area contributed by atoms with Crippen molar-refractivity contribution < 1.29 is 10.0 Å². The minimum atomic E-state index is 0.0919. The van der Waals surface area contributed by atoms with E-state index in [1.807, 2.05) is 18.2 Å². The summed E-state index contributed by atoms with van der Waals surface area (Å²) >= 11 is 5.88. The molecule has 18 heavy (non-hydrogen) atoms. The summed E-state index contributed by atoms with van der Waals surface area (Å²) in [5.74, 6) is 0.0919. The highest BCUT2D eigenvalue weighted by Gasteiger charge is 2.20. The van der Waals surface area contributed by atoms with Crippen LogP contribution in [0.5, 0.6) is 0 Å². The van der Waals surface area contributed by atoms with Crippen LogP contribution >= 0.6 is 11.6 Å². The van der Waals surface area contributed by atoms with Gasteiger partial charge in [0.05, 0.1) is 12.1 Å². The average Bonchev–Trinajstić information content (AvgIpc) is 2.39. The fourth-order valence-corrected chi connectivity index (χ4v) is 2.26. The molecule has 4 nitrogen and oxygen atoms in total. The van der Waals surface area contributed by atoms with Gasteiger partial charge in [-0.3, -0.25) is 4.79 Å². The van der Waals surface area contributed by atoms with Gasteiger partial charge in [-0.1, -0.05) is 28.9 Å². The number of carbonyl (C=O) groups is 1. The number of carbonyl (C=O) groups excluding carboxylic acids is 1. The lowest BCUT2D eigenvalue weighted by atomic mass is 10.1. The molecule has 1 fully saturated rings. The van der Waals surface area contributed by atoms with E-state index in [0.29, 0.717) is 37.4 Å². The molecule has 1 aromatic rings. The monoisotopic (exact) mass is 266 g/mol. The molecule has 1 aromatic carbocycles. The predicted octanol–water partition coefficient (Wildman–Crippen LogP) is 2.34. The molecule has 96 valence electrons. The van der Waals surface area contributed by atoms with Crippen molar-refractivity contribution in [3.05, 3.63) is 34.9 Å². The number of nitrogens with zero attached hydrogens (tertiary/aromatic N) is 2. The number of rotatable bonds is 2. The molecule has 1 heterocycles. The molecular weight excluding hydrogens is 252 g/mol. The number of oxime groups is 1. The quantitative estimate of drug-likeness (QED) is 0.660. The van der Waals surface area contributed by atoms with Gasteiger partial charge in [-0.2, -0.15) is 0 Å². The lowest BCUT2D eigenvalue weighted by Gasteiger charge is -2.27. The summed E-state index contributed by atoms with van der Waals surface area (Å²) in [7, 11) is 0. The Kier molecular flexibility index (Phi) is 4.20. The third kappa shape index (κ3) is 3.23. The molecule has 0 radical (unpaired) electrons. The first-order valence-corrected chi connectivity index (χ1v) is 6.29. The summed E-state index contributed by atoms with van der Waals surface area (Å²) in [6, 6.07) is 7.34. The van der Waals surface area contributed by atoms with E-state index in [1.54, 1.807) is 11.0 Å². The normalized spacial score (nSPS) is 15.6. The fraction of sp³-hybridized carbons (Fsp3) is 0.385. The van der Waals surface area contributed by atoms with Crippen LogP contribution in [0.4, 0.5) is 0 Å². The molecule has 1 aliphatic heterocycles. The van der Waals surface area contributed by atoms with Gasteiger partial charge in [-0.25, -0.2) is 0 Å². The minimum absolute atomic E-state index is 0.0919. The van der Waals surface area contributed by atoms with Crippen LogP contribution in [0, 0.1) is 0 Å². The average molecular weight is 267 g/mol. The summed E-state index contributed by atoms with van der Waals surface area (Å²) in [5.41, 5.74) is 1.69. The molecule has 0 atom stereocenters. The zero-order valence-electron chi connectivity index (χ0n) is 9.97. The van der Waals surface area contributed by atoms with Crippen molar-refractivity contribution in [1.82, 2.24) is 4.90 Å². The van der Waals surface area contributed by atoms with E-state index >= 15 is 0 Å². The molecule has 0 aromatic heterocycles. The molecule has 2 rings (SSSR count). The first-order valence-electron chi connectivity index (χ1n) is 5.91. The van der Waals surface area contributed by atoms with E-state index in [9.17, 15) is 4.79 Å². The minimum Gasteiger partial charge on any atom is -0.411 e. The van der Waals surface area contributed by atoms with Gasteiger partial charge < -0.3 is 10.1 Å². The Morgan fingerprint density at radius 2 is 2.11 bits per heavy atom. The molecule has 1 saturated heterocycles. The molecule has 1 aliphatic rings. The van der Waals surface area contributed by atoms with Gasteiger partial charge in [0, 0.05) is 31.0 Å². The van der Waals surface area contributed by atoms with E-state index in [0.717, 1.165) is 11.3 Å². The van der Waals surface area contributed by atoms with Crippen LogP contribution in [0.1, 0.15) is 18.4 Å². The molecule has 0 unspecified atom stereocenters. The molecule has 1 amide bonds. The Bertz CT molecular complexity index is 464. The zero-order chi connectivity index (χ0) is 13.0. The fourth-order valence-electron chi connectivity index (χ4n) is 2.05. The maximum Gasteiger partial charge on any atom is 0.227 e. The summed E-state index contributed by atoms with van der Waals surface area (Å²) < 4.78 is 0. The molecule has 0 aliphatic carbocycles. The highest BCUT2D eigenvalue weighted by Crippen LogP contribution is 2.14. The summed E-state index contributed by atoms with van der Waals surface area (Å²) in [6.45, 7) is 1.25. The Hall–Kier alpha value is -1.55. The van der Waals surface area contributed by atoms with Crippen LogP contribution < -0.4 is 0 Å². The molecular formula is C13H15ClN2O2. The summed E-state index contributed by atoms with van der Waals surface area (Å²) in [5, 5.41) is 12.5. The number of benzene rings is 1. The van der Waals surface area contributed by atoms with Crippen molar-refractivity contribution >= 4 is 23.2 Å². The van der Waals surface area contributed by atoms with Crippen molar-refractivity contribution in [3.8, 4) is 0 Å². The summed E-state index contributed by atoms with van der Waals surface area (Å²) in [6.07, 6.45) is 1.67. The van der Waals surface area contributed by atoms with Crippen molar-refractivity contribution in [3.63, 3.8) is 0 Å². The topological polar surface area (TPSA) is 52.9 Å². The van der Waals surface area contributed by atoms with E-state index in [-0.39, 0.29) is 5.91 Å². The van der Waals surface area contributed by atoms with Crippen molar-refractivity contribution in [2.75, 3.05) is 13.1 Å². The largest absolute Gasteiger partial charge is 0.411 e. The number of amides is 1. The maximum atomic E-state index is 12.1. The Balaban J connectivity index is 1.93. The van der Waals surface area contributed by atoms with Gasteiger partial charge in [-0.15, -0.1) is 0 Å². The first kappa shape index (κ1) is 12.9.